The van der Waals surface area contributed by atoms with Gasteiger partial charge in [0.15, 0.2) is 0 Å². The molecule has 0 aliphatic heterocycles. The van der Waals surface area contributed by atoms with Crippen LogP contribution in [-0.4, -0.2) is 0 Å². The van der Waals surface area contributed by atoms with Crippen LogP contribution in [0.15, 0.2) is 97.1 Å². The summed E-state index contributed by atoms with van der Waals surface area (Å²) in [6.45, 7) is 0. The summed E-state index contributed by atoms with van der Waals surface area (Å²) in [6.07, 6.45) is -5.16. The maximum Gasteiger partial charge on any atom is 0.265 e. The molecule has 7 aromatic rings. The Balaban J connectivity index is 1.50. The second-order valence-electron chi connectivity index (χ2n) is 9.28. The van der Waals surface area contributed by atoms with Gasteiger partial charge in [-0.2, -0.15) is 0 Å². The standard InChI is InChI=1S/C32H18F4/c33-31(34)26-12-9-17-5-8-21-14-23(15-22-10-11-25(26)29(17)28(21)22)18-6-7-20-13-19-3-1-2-4-24(19)30(32(35)36)27(20)16-18/h1-16,31-32H. The number of fused-ring (bicyclic) bond motifs is 2. The SMILES string of the molecule is FC(F)c1c2ccccc2cc2ccc(-c3cc4ccc5ccc(C(F)F)c6ccc(c3)c4c56)cc12. The highest BCUT2D eigenvalue weighted by Crippen LogP contribution is 2.42. The summed E-state index contributed by atoms with van der Waals surface area (Å²) in [5, 5.41) is 7.77. The Morgan fingerprint density at radius 2 is 1.08 bits per heavy atom. The minimum atomic E-state index is -2.61. The molecular formula is C32H18F4. The highest BCUT2D eigenvalue weighted by Gasteiger charge is 2.19. The van der Waals surface area contributed by atoms with Gasteiger partial charge in [0, 0.05) is 11.1 Å². The lowest BCUT2D eigenvalue weighted by Crippen LogP contribution is -1.92. The fourth-order valence-electron chi connectivity index (χ4n) is 5.71. The summed E-state index contributed by atoms with van der Waals surface area (Å²) in [5.74, 6) is 0. The first-order valence-corrected chi connectivity index (χ1v) is 11.7. The first-order valence-electron chi connectivity index (χ1n) is 11.7. The zero-order valence-corrected chi connectivity index (χ0v) is 18.9. The quantitative estimate of drug-likeness (QED) is 0.135. The number of hydrogen-bond acceptors (Lipinski definition) is 0. The van der Waals surface area contributed by atoms with Gasteiger partial charge < -0.3 is 0 Å². The van der Waals surface area contributed by atoms with Crippen molar-refractivity contribution in [3.05, 3.63) is 108 Å². The molecule has 0 unspecified atom stereocenters. The Morgan fingerprint density at radius 3 is 1.86 bits per heavy atom. The zero-order chi connectivity index (χ0) is 24.6. The highest BCUT2D eigenvalue weighted by atomic mass is 19.3. The van der Waals surface area contributed by atoms with Crippen molar-refractivity contribution < 1.29 is 17.6 Å². The minimum absolute atomic E-state index is 0.0299. The van der Waals surface area contributed by atoms with Gasteiger partial charge >= 0.3 is 0 Å². The van der Waals surface area contributed by atoms with Crippen LogP contribution in [-0.2, 0) is 0 Å². The number of rotatable bonds is 3. The molecule has 7 aromatic carbocycles. The second-order valence-corrected chi connectivity index (χ2v) is 9.28. The van der Waals surface area contributed by atoms with Gasteiger partial charge in [0.05, 0.1) is 0 Å². The topological polar surface area (TPSA) is 0 Å². The van der Waals surface area contributed by atoms with Gasteiger partial charge in [-0.1, -0.05) is 72.8 Å². The van der Waals surface area contributed by atoms with Crippen LogP contribution in [0.2, 0.25) is 0 Å². The van der Waals surface area contributed by atoms with Crippen molar-refractivity contribution in [2.24, 2.45) is 0 Å². The third-order valence-corrected chi connectivity index (χ3v) is 7.32. The third-order valence-electron chi connectivity index (χ3n) is 7.32. The van der Waals surface area contributed by atoms with Crippen molar-refractivity contribution in [2.45, 2.75) is 12.9 Å². The van der Waals surface area contributed by atoms with E-state index in [1.54, 1.807) is 24.3 Å². The molecule has 0 N–H and O–H groups in total. The molecule has 0 saturated carbocycles. The summed E-state index contributed by atoms with van der Waals surface area (Å²) in [4.78, 5) is 0. The largest absolute Gasteiger partial charge is 0.265 e. The molecule has 0 saturated heterocycles. The van der Waals surface area contributed by atoms with E-state index in [0.29, 0.717) is 16.2 Å². The van der Waals surface area contributed by atoms with Crippen molar-refractivity contribution in [1.82, 2.24) is 0 Å². The molecule has 0 fully saturated rings. The summed E-state index contributed by atoms with van der Waals surface area (Å²) in [5.41, 5.74) is 1.80. The van der Waals surface area contributed by atoms with Gasteiger partial charge in [0.1, 0.15) is 0 Å². The third kappa shape index (κ3) is 3.00. The van der Waals surface area contributed by atoms with Crippen LogP contribution in [0, 0.1) is 0 Å². The average Bonchev–Trinajstić information content (AvgIpc) is 2.89. The van der Waals surface area contributed by atoms with E-state index in [2.05, 4.69) is 0 Å². The molecule has 0 nitrogen and oxygen atoms in total. The predicted octanol–water partition coefficient (Wildman–Crippen LogP) is 10.4. The van der Waals surface area contributed by atoms with Crippen molar-refractivity contribution >= 4 is 53.9 Å². The molecule has 0 bridgehead atoms. The van der Waals surface area contributed by atoms with E-state index in [4.69, 9.17) is 0 Å². The summed E-state index contributed by atoms with van der Waals surface area (Å²) in [6, 6.07) is 29.7. The lowest BCUT2D eigenvalue weighted by Gasteiger charge is -2.16. The Labute approximate surface area is 203 Å². The Morgan fingerprint density at radius 1 is 0.417 bits per heavy atom. The van der Waals surface area contributed by atoms with E-state index in [0.717, 1.165) is 48.8 Å². The van der Waals surface area contributed by atoms with Gasteiger partial charge in [-0.05, 0) is 89.3 Å². The van der Waals surface area contributed by atoms with E-state index in [1.165, 1.54) is 6.07 Å². The molecule has 0 heterocycles. The highest BCUT2D eigenvalue weighted by molar-refractivity contribution is 6.24. The Hall–Kier alpha value is -4.18. The fourth-order valence-corrected chi connectivity index (χ4v) is 5.71. The van der Waals surface area contributed by atoms with E-state index >= 15 is 0 Å². The van der Waals surface area contributed by atoms with Crippen LogP contribution in [0.3, 0.4) is 0 Å². The van der Waals surface area contributed by atoms with Crippen LogP contribution in [0.4, 0.5) is 17.6 Å². The number of hydrogen-bond donors (Lipinski definition) is 0. The lowest BCUT2D eigenvalue weighted by atomic mass is 9.89. The predicted molar refractivity (Wildman–Crippen MR) is 141 cm³/mol. The first-order chi connectivity index (χ1) is 17.5. The molecule has 0 aromatic heterocycles. The van der Waals surface area contributed by atoms with Gasteiger partial charge in [0.25, 0.3) is 12.9 Å². The molecule has 0 aliphatic rings. The Kier molecular flexibility index (Phi) is 4.50. The van der Waals surface area contributed by atoms with Gasteiger partial charge in [-0.15, -0.1) is 0 Å². The molecule has 36 heavy (non-hydrogen) atoms. The average molecular weight is 478 g/mol. The van der Waals surface area contributed by atoms with E-state index in [1.807, 2.05) is 66.7 Å². The molecular weight excluding hydrogens is 460 g/mol. The molecule has 0 amide bonds. The van der Waals surface area contributed by atoms with Crippen LogP contribution < -0.4 is 0 Å². The van der Waals surface area contributed by atoms with Gasteiger partial charge in [-0.3, -0.25) is 0 Å². The molecule has 7 rings (SSSR count). The fraction of sp³-hybridized carbons (Fsp3) is 0.0625. The first kappa shape index (κ1) is 21.1. The van der Waals surface area contributed by atoms with Crippen LogP contribution in [0.5, 0.6) is 0 Å². The van der Waals surface area contributed by atoms with Crippen LogP contribution >= 0.6 is 0 Å². The van der Waals surface area contributed by atoms with Crippen molar-refractivity contribution in [2.75, 3.05) is 0 Å². The normalized spacial score (nSPS) is 12.4. The van der Waals surface area contributed by atoms with Crippen molar-refractivity contribution in [3.8, 4) is 11.1 Å². The molecule has 0 spiro atoms. The summed E-state index contributed by atoms with van der Waals surface area (Å²) in [7, 11) is 0. The van der Waals surface area contributed by atoms with E-state index < -0.39 is 12.9 Å². The molecule has 0 radical (unpaired) electrons. The van der Waals surface area contributed by atoms with Crippen LogP contribution in [0.25, 0.3) is 65.0 Å². The Bertz CT molecular complexity index is 1930. The van der Waals surface area contributed by atoms with Crippen molar-refractivity contribution in [3.63, 3.8) is 0 Å². The van der Waals surface area contributed by atoms with Gasteiger partial charge in [0.2, 0.25) is 0 Å². The van der Waals surface area contributed by atoms with E-state index in [-0.39, 0.29) is 11.1 Å². The second kappa shape index (κ2) is 7.66. The van der Waals surface area contributed by atoms with Gasteiger partial charge in [-0.25, -0.2) is 17.6 Å². The number of alkyl halides is 4. The number of benzene rings is 7. The summed E-state index contributed by atoms with van der Waals surface area (Å²) >= 11 is 0. The monoisotopic (exact) mass is 478 g/mol. The minimum Gasteiger partial charge on any atom is -0.205 e. The lowest BCUT2D eigenvalue weighted by molar-refractivity contribution is 0.153. The molecule has 0 atom stereocenters. The van der Waals surface area contributed by atoms with Crippen LogP contribution in [0.1, 0.15) is 24.0 Å². The zero-order valence-electron chi connectivity index (χ0n) is 18.9. The smallest absolute Gasteiger partial charge is 0.205 e. The maximum absolute atomic E-state index is 14.3. The molecule has 0 aliphatic carbocycles. The maximum atomic E-state index is 14.3. The molecule has 4 heteroatoms. The van der Waals surface area contributed by atoms with E-state index in [9.17, 15) is 17.6 Å². The number of halogens is 4. The van der Waals surface area contributed by atoms with Crippen molar-refractivity contribution in [1.29, 1.82) is 0 Å². The summed E-state index contributed by atoms with van der Waals surface area (Å²) < 4.78 is 55.9. The molecule has 174 valence electrons.